The lowest BCUT2D eigenvalue weighted by Crippen LogP contribution is -2.37. The fourth-order valence-corrected chi connectivity index (χ4v) is 5.50. The van der Waals surface area contributed by atoms with E-state index < -0.39 is 0 Å². The van der Waals surface area contributed by atoms with Gasteiger partial charge in [-0.1, -0.05) is 0 Å². The lowest BCUT2D eigenvalue weighted by molar-refractivity contribution is -0.183. The van der Waals surface area contributed by atoms with Crippen LogP contribution < -0.4 is 0 Å². The number of fused-ring (bicyclic) bond motifs is 1. The van der Waals surface area contributed by atoms with Crippen LogP contribution in [0.3, 0.4) is 0 Å². The Morgan fingerprint density at radius 3 is 2.77 bits per heavy atom. The first-order valence-electron chi connectivity index (χ1n) is 10.9. The van der Waals surface area contributed by atoms with Gasteiger partial charge in [0.1, 0.15) is 11.9 Å². The fourth-order valence-electron chi connectivity index (χ4n) is 4.84. The first-order valence-corrected chi connectivity index (χ1v) is 11.8. The van der Waals surface area contributed by atoms with Crippen molar-refractivity contribution < 1.29 is 14.0 Å². The van der Waals surface area contributed by atoms with Crippen LogP contribution in [-0.4, -0.2) is 37.2 Å². The minimum Gasteiger partial charge on any atom is -0.284 e. The minimum atomic E-state index is -0.337. The monoisotopic (exact) mass is 443 g/mol. The highest BCUT2D eigenvalue weighted by molar-refractivity contribution is 7.09. The molecule has 1 aliphatic carbocycles. The van der Waals surface area contributed by atoms with Crippen LogP contribution in [0.15, 0.2) is 17.6 Å². The molecule has 31 heavy (non-hydrogen) atoms. The third kappa shape index (κ3) is 3.96. The first kappa shape index (κ1) is 20.5. The predicted octanol–water partition coefficient (Wildman–Crippen LogP) is 4.20. The number of aryl methyl sites for hydroxylation is 2. The van der Waals surface area contributed by atoms with Gasteiger partial charge in [-0.05, 0) is 63.5 Å². The van der Waals surface area contributed by atoms with Crippen LogP contribution in [0.25, 0.3) is 5.65 Å². The molecule has 0 N–H and O–H groups in total. The van der Waals surface area contributed by atoms with E-state index in [-0.39, 0.29) is 29.3 Å². The summed E-state index contributed by atoms with van der Waals surface area (Å²) in [5, 5.41) is 12.5. The summed E-state index contributed by atoms with van der Waals surface area (Å²) in [5.74, 6) is 0.848. The van der Waals surface area contributed by atoms with Crippen LogP contribution in [0.5, 0.6) is 0 Å². The maximum Gasteiger partial charge on any atom is 0.249 e. The maximum absolute atomic E-state index is 14.3. The quantitative estimate of drug-likeness (QED) is 0.604. The maximum atomic E-state index is 14.3. The van der Waals surface area contributed by atoms with Crippen LogP contribution in [-0.2, 0) is 16.1 Å². The van der Waals surface area contributed by atoms with E-state index >= 15 is 0 Å². The molecule has 1 aliphatic heterocycles. The molecule has 2 aliphatic rings. The molecule has 1 atom stereocenters. The molecule has 1 saturated heterocycles. The molecule has 0 aromatic carbocycles. The summed E-state index contributed by atoms with van der Waals surface area (Å²) in [4.78, 5) is 23.4. The van der Waals surface area contributed by atoms with E-state index in [1.807, 2.05) is 25.4 Å². The van der Waals surface area contributed by atoms with Gasteiger partial charge >= 0.3 is 0 Å². The molecule has 2 fully saturated rings. The van der Waals surface area contributed by atoms with Crippen LogP contribution >= 0.6 is 11.3 Å². The normalized spacial score (nSPS) is 24.2. The van der Waals surface area contributed by atoms with Gasteiger partial charge in [0, 0.05) is 23.9 Å². The predicted molar refractivity (Wildman–Crippen MR) is 114 cm³/mol. The van der Waals surface area contributed by atoms with Gasteiger partial charge < -0.3 is 0 Å². The highest BCUT2D eigenvalue weighted by atomic mass is 32.1. The van der Waals surface area contributed by atoms with Crippen molar-refractivity contribution in [1.82, 2.24) is 24.6 Å². The summed E-state index contributed by atoms with van der Waals surface area (Å²) in [6.45, 7) is 4.35. The summed E-state index contributed by atoms with van der Waals surface area (Å²) >= 11 is 1.60. The first-order chi connectivity index (χ1) is 15.0. The van der Waals surface area contributed by atoms with Crippen molar-refractivity contribution >= 4 is 22.9 Å². The Bertz CT molecular complexity index is 1100. The Hall–Kier alpha value is -2.39. The molecular formula is C22H26FN5O2S. The lowest BCUT2D eigenvalue weighted by Gasteiger charge is -2.31. The van der Waals surface area contributed by atoms with Crippen LogP contribution in [0.2, 0.25) is 0 Å². The Labute approximate surface area is 184 Å². The van der Waals surface area contributed by atoms with Crippen molar-refractivity contribution in [2.75, 3.05) is 6.61 Å². The summed E-state index contributed by atoms with van der Waals surface area (Å²) < 4.78 is 16.1. The smallest absolute Gasteiger partial charge is 0.249 e. The zero-order valence-electron chi connectivity index (χ0n) is 17.8. The molecule has 3 aromatic heterocycles. The van der Waals surface area contributed by atoms with Crippen LogP contribution in [0.1, 0.15) is 60.2 Å². The lowest BCUT2D eigenvalue weighted by atomic mass is 9.79. The van der Waals surface area contributed by atoms with Crippen LogP contribution in [0, 0.1) is 31.5 Å². The molecule has 5 rings (SSSR count). The number of pyridine rings is 1. The van der Waals surface area contributed by atoms with Gasteiger partial charge in [0.2, 0.25) is 5.91 Å². The van der Waals surface area contributed by atoms with E-state index in [1.54, 1.807) is 26.9 Å². The standard InChI is InChI=1S/C22H26FN5O2S/c1-13-25-26-21-18(23)10-16(11-27(13)21)9-15-3-5-17(6-4-15)22(29)28-20(7-8-30-28)19-12-31-14(2)24-19/h10-12,15,17,20H,3-9H2,1-2H3/t15?,17?,20-/m0/s1. The van der Waals surface area contributed by atoms with Gasteiger partial charge in [0.15, 0.2) is 11.5 Å². The molecular weight excluding hydrogens is 417 g/mol. The number of thiazole rings is 1. The number of amides is 1. The SMILES string of the molecule is Cc1nc([C@@H]2CCON2C(=O)C2CCC(Cc3cc(F)c4nnc(C)n4c3)CC2)cs1. The van der Waals surface area contributed by atoms with E-state index in [0.717, 1.165) is 54.8 Å². The Kier molecular flexibility index (Phi) is 5.47. The van der Waals surface area contributed by atoms with Gasteiger partial charge in [0.25, 0.3) is 0 Å². The molecule has 3 aromatic rings. The summed E-state index contributed by atoms with van der Waals surface area (Å²) in [6, 6.07) is 1.50. The van der Waals surface area contributed by atoms with Crippen molar-refractivity contribution in [2.24, 2.45) is 11.8 Å². The summed E-state index contributed by atoms with van der Waals surface area (Å²) in [7, 11) is 0. The molecule has 164 valence electrons. The van der Waals surface area contributed by atoms with E-state index in [4.69, 9.17) is 4.84 Å². The van der Waals surface area contributed by atoms with E-state index in [1.165, 1.54) is 0 Å². The van der Waals surface area contributed by atoms with Gasteiger partial charge in [-0.15, -0.1) is 21.5 Å². The van der Waals surface area contributed by atoms with Crippen molar-refractivity contribution in [3.05, 3.63) is 45.5 Å². The average Bonchev–Trinajstić information content (AvgIpc) is 3.49. The fraction of sp³-hybridized carbons (Fsp3) is 0.545. The van der Waals surface area contributed by atoms with Gasteiger partial charge in [-0.25, -0.2) is 14.4 Å². The topological polar surface area (TPSA) is 72.6 Å². The number of halogens is 1. The number of hydrogen-bond acceptors (Lipinski definition) is 6. The molecule has 0 radical (unpaired) electrons. The zero-order chi connectivity index (χ0) is 21.5. The molecule has 1 saturated carbocycles. The number of nitrogens with zero attached hydrogens (tertiary/aromatic N) is 5. The molecule has 0 spiro atoms. The average molecular weight is 444 g/mol. The van der Waals surface area contributed by atoms with Gasteiger partial charge in [0.05, 0.1) is 17.3 Å². The second kappa shape index (κ2) is 8.27. The number of carbonyl (C=O) groups is 1. The highest BCUT2D eigenvalue weighted by Crippen LogP contribution is 2.37. The number of aromatic nitrogens is 4. The van der Waals surface area contributed by atoms with Crippen molar-refractivity contribution in [1.29, 1.82) is 0 Å². The zero-order valence-corrected chi connectivity index (χ0v) is 18.6. The Balaban J connectivity index is 1.21. The highest BCUT2D eigenvalue weighted by Gasteiger charge is 2.38. The number of hydroxylamine groups is 2. The molecule has 1 amide bonds. The van der Waals surface area contributed by atoms with Crippen molar-refractivity contribution in [3.8, 4) is 0 Å². The van der Waals surface area contributed by atoms with Crippen LogP contribution in [0.4, 0.5) is 4.39 Å². The Morgan fingerprint density at radius 1 is 1.23 bits per heavy atom. The number of hydrogen-bond donors (Lipinski definition) is 0. The molecule has 0 unspecified atom stereocenters. The van der Waals surface area contributed by atoms with Crippen molar-refractivity contribution in [2.45, 2.75) is 58.4 Å². The van der Waals surface area contributed by atoms with E-state index in [0.29, 0.717) is 18.3 Å². The van der Waals surface area contributed by atoms with Gasteiger partial charge in [-0.3, -0.25) is 14.0 Å². The summed E-state index contributed by atoms with van der Waals surface area (Å²) in [6.07, 6.45) is 7.10. The van der Waals surface area contributed by atoms with E-state index in [2.05, 4.69) is 15.2 Å². The second-order valence-corrected chi connectivity index (χ2v) is 9.71. The molecule has 4 heterocycles. The number of carbonyl (C=O) groups excluding carboxylic acids is 1. The third-order valence-corrected chi connectivity index (χ3v) is 7.30. The number of rotatable bonds is 4. The van der Waals surface area contributed by atoms with Gasteiger partial charge in [-0.2, -0.15) is 0 Å². The summed E-state index contributed by atoms with van der Waals surface area (Å²) in [5.41, 5.74) is 2.15. The largest absolute Gasteiger partial charge is 0.284 e. The molecule has 7 nitrogen and oxygen atoms in total. The molecule has 9 heteroatoms. The minimum absolute atomic E-state index is 0.0177. The Morgan fingerprint density at radius 2 is 2.03 bits per heavy atom. The third-order valence-electron chi connectivity index (χ3n) is 6.51. The van der Waals surface area contributed by atoms with E-state index in [9.17, 15) is 9.18 Å². The van der Waals surface area contributed by atoms with Crippen molar-refractivity contribution in [3.63, 3.8) is 0 Å². The second-order valence-electron chi connectivity index (χ2n) is 8.65. The molecule has 0 bridgehead atoms.